The minimum Gasteiger partial charge on any atom is -0.485 e. The van der Waals surface area contributed by atoms with E-state index in [0.717, 1.165) is 12.8 Å². The van der Waals surface area contributed by atoms with Crippen LogP contribution in [0.25, 0.3) is 0 Å². The van der Waals surface area contributed by atoms with E-state index in [2.05, 4.69) is 6.92 Å². The molecule has 20 heavy (non-hydrogen) atoms. The fourth-order valence-corrected chi connectivity index (χ4v) is 1.79. The zero-order valence-corrected chi connectivity index (χ0v) is 12.1. The lowest BCUT2D eigenvalue weighted by atomic mass is 10.1. The maximum Gasteiger partial charge on any atom is 0.190 e. The topological polar surface area (TPSA) is 44.5 Å². The lowest BCUT2D eigenvalue weighted by Gasteiger charge is -2.11. The number of ether oxygens (including phenoxy) is 2. The number of unbranched alkanes of at least 4 members (excludes halogenated alkanes) is 1. The Labute approximate surface area is 119 Å². The van der Waals surface area contributed by atoms with Crippen molar-refractivity contribution < 1.29 is 18.3 Å². The summed E-state index contributed by atoms with van der Waals surface area (Å²) in [4.78, 5) is 0. The molecule has 114 valence electrons. The van der Waals surface area contributed by atoms with Gasteiger partial charge in [-0.15, -0.1) is 0 Å². The van der Waals surface area contributed by atoms with E-state index >= 15 is 0 Å². The van der Waals surface area contributed by atoms with Crippen molar-refractivity contribution in [3.8, 4) is 5.75 Å². The average Bonchev–Trinajstić information content (AvgIpc) is 2.35. The largest absolute Gasteiger partial charge is 0.485 e. The maximum atomic E-state index is 13.7. The third-order valence-electron chi connectivity index (χ3n) is 2.73. The average molecular weight is 287 g/mol. The van der Waals surface area contributed by atoms with Gasteiger partial charge in [-0.05, 0) is 37.5 Å². The van der Waals surface area contributed by atoms with Crippen LogP contribution in [-0.4, -0.2) is 25.9 Å². The smallest absolute Gasteiger partial charge is 0.190 e. The van der Waals surface area contributed by atoms with Crippen LogP contribution in [0.3, 0.4) is 0 Å². The van der Waals surface area contributed by atoms with Gasteiger partial charge in [0.1, 0.15) is 6.61 Å². The molecule has 5 heteroatoms. The quantitative estimate of drug-likeness (QED) is 0.710. The molecule has 0 bridgehead atoms. The fourth-order valence-electron chi connectivity index (χ4n) is 1.79. The summed E-state index contributed by atoms with van der Waals surface area (Å²) in [7, 11) is 0. The van der Waals surface area contributed by atoms with E-state index in [0.29, 0.717) is 25.2 Å². The normalized spacial score (nSPS) is 12.4. The molecule has 1 atom stereocenters. The monoisotopic (exact) mass is 287 g/mol. The van der Waals surface area contributed by atoms with E-state index in [9.17, 15) is 8.78 Å². The van der Waals surface area contributed by atoms with Crippen LogP contribution >= 0.6 is 0 Å². The van der Waals surface area contributed by atoms with Crippen molar-refractivity contribution in [1.82, 2.24) is 0 Å². The third kappa shape index (κ3) is 5.84. The highest BCUT2D eigenvalue weighted by Gasteiger charge is 2.13. The molecule has 0 fully saturated rings. The molecule has 0 aromatic heterocycles. The van der Waals surface area contributed by atoms with E-state index in [4.69, 9.17) is 15.2 Å². The van der Waals surface area contributed by atoms with Crippen LogP contribution in [0.1, 0.15) is 32.3 Å². The van der Waals surface area contributed by atoms with Gasteiger partial charge in [-0.1, -0.05) is 13.3 Å². The van der Waals surface area contributed by atoms with Gasteiger partial charge in [0, 0.05) is 12.6 Å². The molecule has 1 aromatic carbocycles. The van der Waals surface area contributed by atoms with Crippen molar-refractivity contribution in [2.75, 3.05) is 19.8 Å². The molecule has 0 aliphatic carbocycles. The van der Waals surface area contributed by atoms with Crippen molar-refractivity contribution in [1.29, 1.82) is 0 Å². The Hall–Kier alpha value is -1.20. The van der Waals surface area contributed by atoms with Gasteiger partial charge < -0.3 is 15.2 Å². The fraction of sp³-hybridized carbons (Fsp3) is 0.600. The van der Waals surface area contributed by atoms with Gasteiger partial charge in [0.05, 0.1) is 6.61 Å². The highest BCUT2D eigenvalue weighted by Crippen LogP contribution is 2.23. The minimum absolute atomic E-state index is 0.129. The third-order valence-corrected chi connectivity index (χ3v) is 2.73. The highest BCUT2D eigenvalue weighted by atomic mass is 19.1. The maximum absolute atomic E-state index is 13.7. The Bertz CT molecular complexity index is 388. The van der Waals surface area contributed by atoms with Crippen LogP contribution in [-0.2, 0) is 11.2 Å². The molecule has 0 saturated heterocycles. The van der Waals surface area contributed by atoms with Crippen molar-refractivity contribution in [2.24, 2.45) is 5.73 Å². The number of rotatable bonds is 9. The number of halogens is 2. The van der Waals surface area contributed by atoms with Crippen molar-refractivity contribution in [3.05, 3.63) is 29.3 Å². The first-order chi connectivity index (χ1) is 9.54. The standard InChI is InChI=1S/C15H23F2NO2/c1-3-4-5-19-6-7-20-15-13(16)9-12(8-11(2)18)10-14(15)17/h9-11H,3-8,18H2,1-2H3. The molecular formula is C15H23F2NO2. The SMILES string of the molecule is CCCCOCCOc1c(F)cc(CC(C)N)cc1F. The van der Waals surface area contributed by atoms with Crippen LogP contribution in [0.4, 0.5) is 8.78 Å². The summed E-state index contributed by atoms with van der Waals surface area (Å²) in [6.45, 7) is 4.94. The molecule has 0 radical (unpaired) electrons. The first-order valence-corrected chi connectivity index (χ1v) is 6.98. The Kier molecular flexibility index (Phi) is 7.47. The van der Waals surface area contributed by atoms with Gasteiger partial charge in [-0.2, -0.15) is 0 Å². The molecule has 1 unspecified atom stereocenters. The Morgan fingerprint density at radius 2 is 1.80 bits per heavy atom. The molecule has 0 heterocycles. The van der Waals surface area contributed by atoms with E-state index in [1.165, 1.54) is 12.1 Å². The van der Waals surface area contributed by atoms with Gasteiger partial charge in [0.25, 0.3) is 0 Å². The predicted molar refractivity (Wildman–Crippen MR) is 74.9 cm³/mol. The second kappa shape index (κ2) is 8.87. The van der Waals surface area contributed by atoms with Crippen LogP contribution < -0.4 is 10.5 Å². The molecule has 0 amide bonds. The second-order valence-electron chi connectivity index (χ2n) is 4.88. The molecule has 0 saturated carbocycles. The molecule has 1 rings (SSSR count). The summed E-state index contributed by atoms with van der Waals surface area (Å²) in [5, 5.41) is 0. The lowest BCUT2D eigenvalue weighted by molar-refractivity contribution is 0.0951. The van der Waals surface area contributed by atoms with Crippen molar-refractivity contribution >= 4 is 0 Å². The Balaban J connectivity index is 2.49. The van der Waals surface area contributed by atoms with Gasteiger partial charge >= 0.3 is 0 Å². The first-order valence-electron chi connectivity index (χ1n) is 6.98. The van der Waals surface area contributed by atoms with E-state index in [1.807, 2.05) is 0 Å². The number of hydrogen-bond acceptors (Lipinski definition) is 3. The minimum atomic E-state index is -0.700. The van der Waals surface area contributed by atoms with E-state index < -0.39 is 11.6 Å². The zero-order valence-electron chi connectivity index (χ0n) is 12.1. The Morgan fingerprint density at radius 3 is 2.35 bits per heavy atom. The van der Waals surface area contributed by atoms with Crippen LogP contribution in [0.15, 0.2) is 12.1 Å². The molecule has 3 nitrogen and oxygen atoms in total. The predicted octanol–water partition coefficient (Wildman–Crippen LogP) is 3.05. The van der Waals surface area contributed by atoms with Crippen LogP contribution in [0.2, 0.25) is 0 Å². The van der Waals surface area contributed by atoms with Gasteiger partial charge in [-0.3, -0.25) is 0 Å². The molecule has 0 aliphatic rings. The van der Waals surface area contributed by atoms with Gasteiger partial charge in [-0.25, -0.2) is 8.78 Å². The van der Waals surface area contributed by atoms with Crippen molar-refractivity contribution in [2.45, 2.75) is 39.2 Å². The summed E-state index contributed by atoms with van der Waals surface area (Å²) >= 11 is 0. The lowest BCUT2D eigenvalue weighted by Crippen LogP contribution is -2.18. The molecular weight excluding hydrogens is 264 g/mol. The molecule has 0 spiro atoms. The number of hydrogen-bond donors (Lipinski definition) is 1. The Morgan fingerprint density at radius 1 is 1.15 bits per heavy atom. The molecule has 1 aromatic rings. The summed E-state index contributed by atoms with van der Waals surface area (Å²) in [5.41, 5.74) is 6.14. The summed E-state index contributed by atoms with van der Waals surface area (Å²) < 4.78 is 37.9. The summed E-state index contributed by atoms with van der Waals surface area (Å²) in [6, 6.07) is 2.38. The molecule has 2 N–H and O–H groups in total. The number of benzene rings is 1. The van der Waals surface area contributed by atoms with E-state index in [1.54, 1.807) is 6.92 Å². The van der Waals surface area contributed by atoms with Gasteiger partial charge in [0.2, 0.25) is 0 Å². The zero-order chi connectivity index (χ0) is 15.0. The van der Waals surface area contributed by atoms with E-state index in [-0.39, 0.29) is 18.4 Å². The highest BCUT2D eigenvalue weighted by molar-refractivity contribution is 5.31. The number of nitrogens with two attached hydrogens (primary N) is 1. The summed E-state index contributed by atoms with van der Waals surface area (Å²) in [6.07, 6.45) is 2.44. The van der Waals surface area contributed by atoms with Crippen LogP contribution in [0.5, 0.6) is 5.75 Å². The molecule has 0 aliphatic heterocycles. The summed E-state index contributed by atoms with van der Waals surface area (Å²) in [5.74, 6) is -1.75. The van der Waals surface area contributed by atoms with Crippen LogP contribution in [0, 0.1) is 11.6 Å². The van der Waals surface area contributed by atoms with Gasteiger partial charge in [0.15, 0.2) is 17.4 Å². The van der Waals surface area contributed by atoms with Crippen molar-refractivity contribution in [3.63, 3.8) is 0 Å². The second-order valence-corrected chi connectivity index (χ2v) is 4.88. The first kappa shape index (κ1) is 16.9.